The lowest BCUT2D eigenvalue weighted by Crippen LogP contribution is -2.47. The van der Waals surface area contributed by atoms with E-state index in [1.165, 1.54) is 5.56 Å². The summed E-state index contributed by atoms with van der Waals surface area (Å²) in [5, 5.41) is 7.40. The lowest BCUT2D eigenvalue weighted by atomic mass is 10.1. The van der Waals surface area contributed by atoms with E-state index in [-0.39, 0.29) is 29.5 Å². The van der Waals surface area contributed by atoms with Crippen LogP contribution in [0.3, 0.4) is 0 Å². The molecule has 1 aromatic carbocycles. The van der Waals surface area contributed by atoms with Crippen molar-refractivity contribution in [2.45, 2.75) is 39.7 Å². The zero-order chi connectivity index (χ0) is 14.3. The molecule has 1 aromatic rings. The first-order valence-electron chi connectivity index (χ1n) is 6.71. The molecule has 0 spiro atoms. The first kappa shape index (κ1) is 19.5. The van der Waals surface area contributed by atoms with Crippen LogP contribution in [0.5, 0.6) is 0 Å². The van der Waals surface area contributed by atoms with Crippen molar-refractivity contribution in [1.82, 2.24) is 10.6 Å². The van der Waals surface area contributed by atoms with Gasteiger partial charge in [0.25, 0.3) is 0 Å². The van der Waals surface area contributed by atoms with E-state index in [1.807, 2.05) is 18.2 Å². The average molecular weight is 410 g/mol. The van der Waals surface area contributed by atoms with Gasteiger partial charge in [-0.25, -0.2) is 0 Å². The minimum Gasteiger partial charge on any atom is -0.357 e. The fourth-order valence-electron chi connectivity index (χ4n) is 1.65. The Hall–Kier alpha value is -0.490. The van der Waals surface area contributed by atoms with Crippen LogP contribution in [0.25, 0.3) is 0 Å². The van der Waals surface area contributed by atoms with Gasteiger partial charge in [0.1, 0.15) is 0 Å². The van der Waals surface area contributed by atoms with Gasteiger partial charge in [-0.3, -0.25) is 4.99 Å². The summed E-state index contributed by atoms with van der Waals surface area (Å²) in [6, 6.07) is 7.92. The molecule has 114 valence electrons. The van der Waals surface area contributed by atoms with Crippen molar-refractivity contribution < 1.29 is 0 Å². The molecule has 0 unspecified atom stereocenters. The highest BCUT2D eigenvalue weighted by Gasteiger charge is 2.11. The average Bonchev–Trinajstić information content (AvgIpc) is 2.27. The Labute approximate surface area is 144 Å². The number of hydrogen-bond donors (Lipinski definition) is 2. The molecule has 0 saturated heterocycles. The SMILES string of the molecule is CCNC(=NCCc1cccc(Cl)c1)NC(C)(C)C.I. The first-order chi connectivity index (χ1) is 8.90. The molecule has 0 aliphatic heterocycles. The predicted octanol–water partition coefficient (Wildman–Crippen LogP) is 3.85. The lowest BCUT2D eigenvalue weighted by Gasteiger charge is -2.23. The summed E-state index contributed by atoms with van der Waals surface area (Å²) < 4.78 is 0. The van der Waals surface area contributed by atoms with Crippen molar-refractivity contribution in [1.29, 1.82) is 0 Å². The van der Waals surface area contributed by atoms with Crippen molar-refractivity contribution in [3.8, 4) is 0 Å². The number of hydrogen-bond acceptors (Lipinski definition) is 1. The van der Waals surface area contributed by atoms with Gasteiger partial charge < -0.3 is 10.6 Å². The zero-order valence-electron chi connectivity index (χ0n) is 12.7. The summed E-state index contributed by atoms with van der Waals surface area (Å²) in [6.45, 7) is 10.0. The first-order valence-corrected chi connectivity index (χ1v) is 7.09. The number of nitrogens with zero attached hydrogens (tertiary/aromatic N) is 1. The highest BCUT2D eigenvalue weighted by atomic mass is 127. The summed E-state index contributed by atoms with van der Waals surface area (Å²) >= 11 is 5.96. The Morgan fingerprint density at radius 1 is 1.30 bits per heavy atom. The topological polar surface area (TPSA) is 36.4 Å². The Balaban J connectivity index is 0.00000361. The Bertz CT molecular complexity index is 427. The number of benzene rings is 1. The van der Waals surface area contributed by atoms with Crippen molar-refractivity contribution in [3.05, 3.63) is 34.9 Å². The van der Waals surface area contributed by atoms with E-state index < -0.39 is 0 Å². The van der Waals surface area contributed by atoms with Gasteiger partial charge in [-0.2, -0.15) is 0 Å². The van der Waals surface area contributed by atoms with Crippen molar-refractivity contribution in [2.75, 3.05) is 13.1 Å². The van der Waals surface area contributed by atoms with Gasteiger partial charge in [-0.05, 0) is 51.8 Å². The molecule has 0 heterocycles. The van der Waals surface area contributed by atoms with Crippen molar-refractivity contribution >= 4 is 41.5 Å². The van der Waals surface area contributed by atoms with Gasteiger partial charge in [0.05, 0.1) is 0 Å². The molecule has 20 heavy (non-hydrogen) atoms. The van der Waals surface area contributed by atoms with E-state index in [0.29, 0.717) is 0 Å². The van der Waals surface area contributed by atoms with E-state index in [1.54, 1.807) is 0 Å². The van der Waals surface area contributed by atoms with Crippen LogP contribution in [0.2, 0.25) is 5.02 Å². The number of aliphatic imine (C=N–C) groups is 1. The third-order valence-corrected chi connectivity index (χ3v) is 2.63. The molecule has 0 atom stereocenters. The number of rotatable bonds is 4. The maximum absolute atomic E-state index is 5.96. The molecular weight excluding hydrogens is 385 g/mol. The molecule has 0 aliphatic carbocycles. The van der Waals surface area contributed by atoms with Crippen LogP contribution in [-0.4, -0.2) is 24.6 Å². The van der Waals surface area contributed by atoms with E-state index in [4.69, 9.17) is 11.6 Å². The molecule has 0 aliphatic rings. The number of guanidine groups is 1. The zero-order valence-corrected chi connectivity index (χ0v) is 15.8. The molecule has 0 saturated carbocycles. The van der Waals surface area contributed by atoms with Gasteiger partial charge >= 0.3 is 0 Å². The predicted molar refractivity (Wildman–Crippen MR) is 99.4 cm³/mol. The smallest absolute Gasteiger partial charge is 0.191 e. The fraction of sp³-hybridized carbons (Fsp3) is 0.533. The molecular formula is C15H25ClIN3. The van der Waals surface area contributed by atoms with Crippen LogP contribution >= 0.6 is 35.6 Å². The summed E-state index contributed by atoms with van der Waals surface area (Å²) in [4.78, 5) is 4.58. The van der Waals surface area contributed by atoms with E-state index >= 15 is 0 Å². The van der Waals surface area contributed by atoms with Crippen molar-refractivity contribution in [3.63, 3.8) is 0 Å². The van der Waals surface area contributed by atoms with Gasteiger partial charge in [-0.1, -0.05) is 23.7 Å². The largest absolute Gasteiger partial charge is 0.357 e. The Morgan fingerprint density at radius 2 is 2.00 bits per heavy atom. The highest BCUT2D eigenvalue weighted by molar-refractivity contribution is 14.0. The highest BCUT2D eigenvalue weighted by Crippen LogP contribution is 2.11. The molecule has 1 rings (SSSR count). The minimum atomic E-state index is 0. The minimum absolute atomic E-state index is 0. The van der Waals surface area contributed by atoms with E-state index in [0.717, 1.165) is 30.5 Å². The van der Waals surface area contributed by atoms with Gasteiger partial charge in [-0.15, -0.1) is 24.0 Å². The molecule has 2 N–H and O–H groups in total. The molecule has 3 nitrogen and oxygen atoms in total. The third-order valence-electron chi connectivity index (χ3n) is 2.40. The number of nitrogens with one attached hydrogen (secondary N) is 2. The second-order valence-electron chi connectivity index (χ2n) is 5.52. The quantitative estimate of drug-likeness (QED) is 0.450. The normalized spacial score (nSPS) is 11.8. The van der Waals surface area contributed by atoms with Gasteiger partial charge in [0.2, 0.25) is 0 Å². The second-order valence-corrected chi connectivity index (χ2v) is 5.95. The third kappa shape index (κ3) is 8.64. The van der Waals surface area contributed by atoms with Crippen LogP contribution in [0, 0.1) is 0 Å². The molecule has 5 heteroatoms. The monoisotopic (exact) mass is 409 g/mol. The standard InChI is InChI=1S/C15H24ClN3.HI/c1-5-17-14(19-15(2,3)4)18-10-9-12-7-6-8-13(16)11-12;/h6-8,11H,5,9-10H2,1-4H3,(H2,17,18,19);1H. The van der Waals surface area contributed by atoms with Crippen molar-refractivity contribution in [2.24, 2.45) is 4.99 Å². The molecule has 0 aromatic heterocycles. The van der Waals surface area contributed by atoms with Gasteiger partial charge in [0.15, 0.2) is 5.96 Å². The molecule has 0 amide bonds. The maximum Gasteiger partial charge on any atom is 0.191 e. The molecule has 0 fully saturated rings. The summed E-state index contributed by atoms with van der Waals surface area (Å²) in [5.41, 5.74) is 1.22. The molecule has 0 bridgehead atoms. The Kier molecular flexibility index (Phi) is 9.22. The van der Waals surface area contributed by atoms with Crippen LogP contribution < -0.4 is 10.6 Å². The van der Waals surface area contributed by atoms with Crippen LogP contribution in [0.1, 0.15) is 33.3 Å². The second kappa shape index (κ2) is 9.45. The fourth-order valence-corrected chi connectivity index (χ4v) is 1.86. The van der Waals surface area contributed by atoms with Crippen LogP contribution in [0.4, 0.5) is 0 Å². The van der Waals surface area contributed by atoms with E-state index in [9.17, 15) is 0 Å². The van der Waals surface area contributed by atoms with Crippen LogP contribution in [0.15, 0.2) is 29.3 Å². The maximum atomic E-state index is 5.96. The van der Waals surface area contributed by atoms with E-state index in [2.05, 4.69) is 49.4 Å². The molecule has 0 radical (unpaired) electrons. The lowest BCUT2D eigenvalue weighted by molar-refractivity contribution is 0.501. The van der Waals surface area contributed by atoms with Gasteiger partial charge in [0, 0.05) is 23.7 Å². The summed E-state index contributed by atoms with van der Waals surface area (Å²) in [5.74, 6) is 0.858. The van der Waals surface area contributed by atoms with Crippen LogP contribution in [-0.2, 0) is 6.42 Å². The summed E-state index contributed by atoms with van der Waals surface area (Å²) in [6.07, 6.45) is 0.890. The number of halogens is 2. The summed E-state index contributed by atoms with van der Waals surface area (Å²) in [7, 11) is 0. The Morgan fingerprint density at radius 3 is 2.55 bits per heavy atom.